The second-order valence-corrected chi connectivity index (χ2v) is 7.79. The number of rotatable bonds is 8. The minimum atomic E-state index is -3.97. The van der Waals surface area contributed by atoms with E-state index in [2.05, 4.69) is 9.88 Å². The van der Waals surface area contributed by atoms with E-state index in [1.54, 1.807) is 6.07 Å². The molecular formula is C17H23N3O6S. The molecule has 1 N–H and O–H groups in total. The van der Waals surface area contributed by atoms with Gasteiger partial charge in [-0.2, -0.15) is 4.72 Å². The molecule has 0 spiro atoms. The number of hydrogen-bond donors (Lipinski definition) is 1. The Morgan fingerprint density at radius 1 is 1.26 bits per heavy atom. The molecule has 0 amide bonds. The molecule has 0 atom stereocenters. The van der Waals surface area contributed by atoms with Crippen molar-refractivity contribution in [2.24, 2.45) is 0 Å². The van der Waals surface area contributed by atoms with Crippen LogP contribution in [0.5, 0.6) is 0 Å². The average Bonchev–Trinajstić information content (AvgIpc) is 3.09. The zero-order valence-corrected chi connectivity index (χ0v) is 16.8. The zero-order chi connectivity index (χ0) is 20.4. The van der Waals surface area contributed by atoms with E-state index in [0.29, 0.717) is 5.56 Å². The van der Waals surface area contributed by atoms with Crippen LogP contribution >= 0.6 is 0 Å². The third-order valence-electron chi connectivity index (χ3n) is 4.20. The number of Topliss-reactive ketones (excluding diaryl/α,β-unsaturated/α-hetero) is 1. The maximum atomic E-state index is 12.3. The fourth-order valence-electron chi connectivity index (χ4n) is 2.93. The lowest BCUT2D eigenvalue weighted by Gasteiger charge is -2.08. The number of aryl methyl sites for hydroxylation is 3. The van der Waals surface area contributed by atoms with Crippen LogP contribution in [0.4, 0.5) is 0 Å². The summed E-state index contributed by atoms with van der Waals surface area (Å²) in [5.41, 5.74) is 2.42. The molecule has 0 radical (unpaired) electrons. The highest BCUT2D eigenvalue weighted by molar-refractivity contribution is 7.89. The molecule has 0 unspecified atom stereocenters. The summed E-state index contributed by atoms with van der Waals surface area (Å²) in [6.07, 6.45) is 0. The van der Waals surface area contributed by atoms with Crippen LogP contribution in [-0.2, 0) is 26.1 Å². The highest BCUT2D eigenvalue weighted by Crippen LogP contribution is 2.18. The van der Waals surface area contributed by atoms with Crippen molar-refractivity contribution < 1.29 is 27.3 Å². The van der Waals surface area contributed by atoms with E-state index < -0.39 is 29.1 Å². The number of esters is 1. The number of ether oxygens (including phenoxy) is 1. The molecule has 0 aliphatic heterocycles. The predicted octanol–water partition coefficient (Wildman–Crippen LogP) is 1.43. The molecule has 2 heterocycles. The Kier molecular flexibility index (Phi) is 6.22. The molecule has 2 aromatic heterocycles. The Balaban J connectivity index is 1.94. The van der Waals surface area contributed by atoms with E-state index in [9.17, 15) is 18.0 Å². The van der Waals surface area contributed by atoms with Gasteiger partial charge in [-0.25, -0.2) is 8.42 Å². The first-order chi connectivity index (χ1) is 12.6. The molecule has 9 nitrogen and oxygen atoms in total. The van der Waals surface area contributed by atoms with Crippen molar-refractivity contribution in [3.05, 3.63) is 34.5 Å². The van der Waals surface area contributed by atoms with Gasteiger partial charge in [0.05, 0.1) is 0 Å². The van der Waals surface area contributed by atoms with E-state index in [1.807, 2.05) is 25.3 Å². The Morgan fingerprint density at radius 2 is 1.93 bits per heavy atom. The number of nitrogens with zero attached hydrogens (tertiary/aromatic N) is 2. The van der Waals surface area contributed by atoms with E-state index in [0.717, 1.165) is 17.9 Å². The molecule has 0 bridgehead atoms. The minimum absolute atomic E-state index is 0.113. The van der Waals surface area contributed by atoms with Crippen molar-refractivity contribution in [2.75, 3.05) is 13.2 Å². The van der Waals surface area contributed by atoms with Gasteiger partial charge in [-0.3, -0.25) is 9.59 Å². The van der Waals surface area contributed by atoms with Crippen molar-refractivity contribution >= 4 is 21.8 Å². The highest BCUT2D eigenvalue weighted by atomic mass is 32.2. The van der Waals surface area contributed by atoms with Crippen LogP contribution in [-0.4, -0.2) is 43.0 Å². The summed E-state index contributed by atoms with van der Waals surface area (Å²) >= 11 is 0. The monoisotopic (exact) mass is 397 g/mol. The van der Waals surface area contributed by atoms with E-state index in [-0.39, 0.29) is 22.1 Å². The van der Waals surface area contributed by atoms with Gasteiger partial charge < -0.3 is 13.8 Å². The smallest absolute Gasteiger partial charge is 0.321 e. The molecular weight excluding hydrogens is 374 g/mol. The summed E-state index contributed by atoms with van der Waals surface area (Å²) in [4.78, 5) is 24.0. The van der Waals surface area contributed by atoms with Crippen LogP contribution < -0.4 is 4.72 Å². The number of carbonyl (C=O) groups excluding carboxylic acids is 2. The zero-order valence-electron chi connectivity index (χ0n) is 16.0. The number of hydrogen-bond acceptors (Lipinski definition) is 7. The van der Waals surface area contributed by atoms with Gasteiger partial charge in [-0.15, -0.1) is 0 Å². The van der Waals surface area contributed by atoms with Crippen LogP contribution in [0.15, 0.2) is 15.5 Å². The minimum Gasteiger partial charge on any atom is -0.456 e. The average molecular weight is 397 g/mol. The summed E-state index contributed by atoms with van der Waals surface area (Å²) in [7, 11) is -3.97. The number of aromatic nitrogens is 2. The molecule has 10 heteroatoms. The lowest BCUT2D eigenvalue weighted by molar-refractivity contribution is -0.141. The summed E-state index contributed by atoms with van der Waals surface area (Å²) < 4.78 is 38.3. The van der Waals surface area contributed by atoms with Gasteiger partial charge in [-0.1, -0.05) is 5.16 Å². The summed E-state index contributed by atoms with van der Waals surface area (Å²) in [5.74, 6) is -1.08. The first-order valence-electron chi connectivity index (χ1n) is 8.36. The molecule has 0 aromatic carbocycles. The van der Waals surface area contributed by atoms with Crippen molar-refractivity contribution in [3.8, 4) is 0 Å². The normalized spacial score (nSPS) is 11.6. The number of sulfonamides is 1. The number of carbonyl (C=O) groups is 2. The third kappa shape index (κ3) is 4.45. The Bertz CT molecular complexity index is 952. The molecule has 0 aliphatic rings. The van der Waals surface area contributed by atoms with Crippen LogP contribution in [0, 0.1) is 27.7 Å². The molecule has 2 rings (SSSR count). The second kappa shape index (κ2) is 8.05. The van der Waals surface area contributed by atoms with Crippen molar-refractivity contribution in [3.63, 3.8) is 0 Å². The lowest BCUT2D eigenvalue weighted by atomic mass is 10.1. The van der Waals surface area contributed by atoms with Gasteiger partial charge in [0.15, 0.2) is 12.4 Å². The first-order valence-corrected chi connectivity index (χ1v) is 9.84. The second-order valence-electron chi connectivity index (χ2n) is 6.09. The van der Waals surface area contributed by atoms with Crippen LogP contribution in [0.1, 0.15) is 40.1 Å². The molecule has 27 heavy (non-hydrogen) atoms. The highest BCUT2D eigenvalue weighted by Gasteiger charge is 2.25. The molecule has 0 saturated carbocycles. The Hall–Kier alpha value is -2.46. The largest absolute Gasteiger partial charge is 0.456 e. The van der Waals surface area contributed by atoms with Crippen LogP contribution in [0.2, 0.25) is 0 Å². The van der Waals surface area contributed by atoms with Crippen molar-refractivity contribution in [2.45, 2.75) is 46.1 Å². The quantitative estimate of drug-likeness (QED) is 0.528. The van der Waals surface area contributed by atoms with Crippen LogP contribution in [0.3, 0.4) is 0 Å². The van der Waals surface area contributed by atoms with Gasteiger partial charge in [0.1, 0.15) is 17.1 Å². The predicted molar refractivity (Wildman–Crippen MR) is 96.0 cm³/mol. The standard InChI is InChI=1S/C17H23N3O6S/c1-6-20-10(2)7-14(12(20)4)15(21)9-25-16(22)8-18-27(23,24)17-11(3)19-26-13(17)5/h7,18H,6,8-9H2,1-5H3. The van der Waals surface area contributed by atoms with E-state index in [4.69, 9.17) is 9.26 Å². The molecule has 0 aliphatic carbocycles. The maximum Gasteiger partial charge on any atom is 0.321 e. The SMILES string of the molecule is CCn1c(C)cc(C(=O)COC(=O)CNS(=O)(=O)c2c(C)noc2C)c1C. The van der Waals surface area contributed by atoms with Gasteiger partial charge in [0.2, 0.25) is 15.8 Å². The summed E-state index contributed by atoms with van der Waals surface area (Å²) in [6.45, 7) is 8.29. The van der Waals surface area contributed by atoms with Gasteiger partial charge in [0, 0.05) is 23.5 Å². The molecule has 148 valence electrons. The Labute approximate surface area is 157 Å². The lowest BCUT2D eigenvalue weighted by Crippen LogP contribution is -2.32. The van der Waals surface area contributed by atoms with Crippen molar-refractivity contribution in [1.82, 2.24) is 14.4 Å². The van der Waals surface area contributed by atoms with Crippen molar-refractivity contribution in [1.29, 1.82) is 0 Å². The van der Waals surface area contributed by atoms with Gasteiger partial charge in [0.25, 0.3) is 0 Å². The molecule has 0 fully saturated rings. The maximum absolute atomic E-state index is 12.3. The Morgan fingerprint density at radius 3 is 2.44 bits per heavy atom. The van der Waals surface area contributed by atoms with E-state index >= 15 is 0 Å². The molecule has 2 aromatic rings. The van der Waals surface area contributed by atoms with Crippen LogP contribution in [0.25, 0.3) is 0 Å². The fraction of sp³-hybridized carbons (Fsp3) is 0.471. The topological polar surface area (TPSA) is 120 Å². The van der Waals surface area contributed by atoms with E-state index in [1.165, 1.54) is 13.8 Å². The summed E-state index contributed by atoms with van der Waals surface area (Å²) in [6, 6.07) is 1.75. The number of ketones is 1. The molecule has 0 saturated heterocycles. The third-order valence-corrected chi connectivity index (χ3v) is 5.84. The first kappa shape index (κ1) is 20.8. The fourth-order valence-corrected chi connectivity index (χ4v) is 4.22. The number of nitrogens with one attached hydrogen (secondary N) is 1. The van der Waals surface area contributed by atoms with Gasteiger partial charge in [-0.05, 0) is 40.7 Å². The summed E-state index contributed by atoms with van der Waals surface area (Å²) in [5, 5.41) is 3.57. The van der Waals surface area contributed by atoms with Gasteiger partial charge >= 0.3 is 5.97 Å².